The number of rotatable bonds is 7. The first kappa shape index (κ1) is 17.1. The smallest absolute Gasteiger partial charge is 0.126 e. The number of aliphatic hydroxyl groups excluding tert-OH is 1. The van der Waals surface area contributed by atoms with Gasteiger partial charge in [0.05, 0.1) is 6.61 Å². The van der Waals surface area contributed by atoms with E-state index in [2.05, 4.69) is 10.2 Å². The molecule has 3 nitrogen and oxygen atoms in total. The second kappa shape index (κ2) is 7.16. The standard InChI is InChI=1S/C16H27FN2O/c1-12-6-7-13(10-14(12)17)15(18-4)8-9-19(5)16(2,3)11-20/h6-7,10,15,18,20H,8-9,11H2,1-5H3. The van der Waals surface area contributed by atoms with Gasteiger partial charge < -0.3 is 10.4 Å². The molecule has 20 heavy (non-hydrogen) atoms. The molecule has 0 heterocycles. The van der Waals surface area contributed by atoms with Crippen molar-refractivity contribution >= 4 is 0 Å². The van der Waals surface area contributed by atoms with Crippen LogP contribution in [0, 0.1) is 12.7 Å². The molecule has 0 spiro atoms. The predicted molar refractivity (Wildman–Crippen MR) is 81.3 cm³/mol. The highest BCUT2D eigenvalue weighted by molar-refractivity contribution is 5.25. The minimum absolute atomic E-state index is 0.113. The van der Waals surface area contributed by atoms with Gasteiger partial charge in [-0.1, -0.05) is 12.1 Å². The molecule has 0 amide bonds. The first-order valence-corrected chi connectivity index (χ1v) is 7.07. The monoisotopic (exact) mass is 282 g/mol. The topological polar surface area (TPSA) is 35.5 Å². The number of benzene rings is 1. The fourth-order valence-corrected chi connectivity index (χ4v) is 2.05. The third kappa shape index (κ3) is 4.27. The molecule has 4 heteroatoms. The summed E-state index contributed by atoms with van der Waals surface area (Å²) in [6.07, 6.45) is 0.860. The number of hydrogen-bond donors (Lipinski definition) is 2. The van der Waals surface area contributed by atoms with E-state index in [1.165, 1.54) is 0 Å². The molecule has 1 aromatic rings. The van der Waals surface area contributed by atoms with Gasteiger partial charge in [0, 0.05) is 18.1 Å². The van der Waals surface area contributed by atoms with Crippen molar-refractivity contribution < 1.29 is 9.50 Å². The van der Waals surface area contributed by atoms with Crippen LogP contribution in [-0.2, 0) is 0 Å². The maximum atomic E-state index is 13.6. The minimum atomic E-state index is -0.239. The summed E-state index contributed by atoms with van der Waals surface area (Å²) in [6, 6.07) is 5.50. The molecule has 0 radical (unpaired) electrons. The van der Waals surface area contributed by atoms with E-state index in [1.54, 1.807) is 13.0 Å². The third-order valence-corrected chi connectivity index (χ3v) is 4.12. The molecule has 2 N–H and O–H groups in total. The van der Waals surface area contributed by atoms with Crippen molar-refractivity contribution in [2.75, 3.05) is 27.2 Å². The van der Waals surface area contributed by atoms with Crippen LogP contribution in [0.3, 0.4) is 0 Å². The van der Waals surface area contributed by atoms with Crippen LogP contribution in [0.1, 0.15) is 37.4 Å². The minimum Gasteiger partial charge on any atom is -0.394 e. The molecule has 1 aromatic carbocycles. The molecule has 114 valence electrons. The van der Waals surface area contributed by atoms with Crippen LogP contribution >= 0.6 is 0 Å². The number of likely N-dealkylation sites (N-methyl/N-ethyl adjacent to an activating group) is 1. The third-order valence-electron chi connectivity index (χ3n) is 4.12. The normalized spacial score (nSPS) is 13.8. The van der Waals surface area contributed by atoms with E-state index in [4.69, 9.17) is 0 Å². The van der Waals surface area contributed by atoms with E-state index in [9.17, 15) is 9.50 Å². The second-order valence-corrected chi connectivity index (χ2v) is 6.03. The van der Waals surface area contributed by atoms with E-state index in [-0.39, 0.29) is 24.0 Å². The molecule has 1 rings (SSSR count). The fraction of sp³-hybridized carbons (Fsp3) is 0.625. The van der Waals surface area contributed by atoms with Crippen molar-refractivity contribution in [3.8, 4) is 0 Å². The largest absolute Gasteiger partial charge is 0.394 e. The number of halogens is 1. The maximum Gasteiger partial charge on any atom is 0.126 e. The van der Waals surface area contributed by atoms with Gasteiger partial charge in [-0.3, -0.25) is 4.90 Å². The van der Waals surface area contributed by atoms with Gasteiger partial charge in [0.2, 0.25) is 0 Å². The Hall–Kier alpha value is -0.970. The summed E-state index contributed by atoms with van der Waals surface area (Å²) < 4.78 is 13.6. The second-order valence-electron chi connectivity index (χ2n) is 6.03. The van der Waals surface area contributed by atoms with Crippen LogP contribution in [0.4, 0.5) is 4.39 Å². The van der Waals surface area contributed by atoms with E-state index in [1.807, 2.05) is 40.1 Å². The average molecular weight is 282 g/mol. The number of aliphatic hydroxyl groups is 1. The molecular formula is C16H27FN2O. The Morgan fingerprint density at radius 2 is 2.05 bits per heavy atom. The van der Waals surface area contributed by atoms with Gasteiger partial charge >= 0.3 is 0 Å². The summed E-state index contributed by atoms with van der Waals surface area (Å²) in [5, 5.41) is 12.6. The molecule has 0 saturated carbocycles. The lowest BCUT2D eigenvalue weighted by Gasteiger charge is -2.34. The molecule has 0 saturated heterocycles. The first-order chi connectivity index (χ1) is 9.31. The van der Waals surface area contributed by atoms with Gasteiger partial charge in [-0.25, -0.2) is 4.39 Å². The Morgan fingerprint density at radius 3 is 2.55 bits per heavy atom. The fourth-order valence-electron chi connectivity index (χ4n) is 2.05. The van der Waals surface area contributed by atoms with Crippen LogP contribution in [0.5, 0.6) is 0 Å². The van der Waals surface area contributed by atoms with Crippen molar-refractivity contribution in [2.24, 2.45) is 0 Å². The Kier molecular flexibility index (Phi) is 6.11. The summed E-state index contributed by atoms with van der Waals surface area (Å²) in [4.78, 5) is 2.13. The van der Waals surface area contributed by atoms with Crippen molar-refractivity contribution in [2.45, 2.75) is 38.8 Å². The van der Waals surface area contributed by atoms with E-state index < -0.39 is 0 Å². The van der Waals surface area contributed by atoms with Crippen molar-refractivity contribution in [3.05, 3.63) is 35.1 Å². The Bertz CT molecular complexity index is 434. The molecule has 0 aliphatic carbocycles. The van der Waals surface area contributed by atoms with Crippen molar-refractivity contribution in [3.63, 3.8) is 0 Å². The summed E-state index contributed by atoms with van der Waals surface area (Å²) in [5.74, 6) is -0.160. The Labute approximate surface area is 121 Å². The number of nitrogens with one attached hydrogen (secondary N) is 1. The van der Waals surface area contributed by atoms with Crippen molar-refractivity contribution in [1.82, 2.24) is 10.2 Å². The summed E-state index contributed by atoms with van der Waals surface area (Å²) >= 11 is 0. The quantitative estimate of drug-likeness (QED) is 0.806. The van der Waals surface area contributed by atoms with Crippen LogP contribution in [0.25, 0.3) is 0 Å². The number of hydrogen-bond acceptors (Lipinski definition) is 3. The van der Waals surface area contributed by atoms with E-state index in [0.717, 1.165) is 18.5 Å². The van der Waals surface area contributed by atoms with Gasteiger partial charge in [-0.15, -0.1) is 0 Å². The van der Waals surface area contributed by atoms with Crippen LogP contribution in [0.15, 0.2) is 18.2 Å². The van der Waals surface area contributed by atoms with Crippen LogP contribution in [0.2, 0.25) is 0 Å². The van der Waals surface area contributed by atoms with Crippen LogP contribution in [-0.4, -0.2) is 42.8 Å². The highest BCUT2D eigenvalue weighted by atomic mass is 19.1. The molecule has 0 aromatic heterocycles. The molecule has 0 fully saturated rings. The van der Waals surface area contributed by atoms with Crippen molar-refractivity contribution in [1.29, 1.82) is 0 Å². The lowest BCUT2D eigenvalue weighted by molar-refractivity contribution is 0.0760. The van der Waals surface area contributed by atoms with Crippen LogP contribution < -0.4 is 5.32 Å². The Balaban J connectivity index is 2.70. The summed E-state index contributed by atoms with van der Waals surface area (Å²) in [5.41, 5.74) is 1.39. The highest BCUT2D eigenvalue weighted by Crippen LogP contribution is 2.21. The van der Waals surface area contributed by atoms with Gasteiger partial charge in [0.15, 0.2) is 0 Å². The van der Waals surface area contributed by atoms with E-state index in [0.29, 0.717) is 5.56 Å². The Morgan fingerprint density at radius 1 is 1.40 bits per heavy atom. The van der Waals surface area contributed by atoms with Gasteiger partial charge in [0.1, 0.15) is 5.82 Å². The lowest BCUT2D eigenvalue weighted by atomic mass is 10.00. The molecule has 0 bridgehead atoms. The highest BCUT2D eigenvalue weighted by Gasteiger charge is 2.23. The lowest BCUT2D eigenvalue weighted by Crippen LogP contribution is -2.45. The van der Waals surface area contributed by atoms with Gasteiger partial charge in [-0.05, 0) is 58.5 Å². The summed E-state index contributed by atoms with van der Waals surface area (Å²) in [6.45, 7) is 6.73. The predicted octanol–water partition coefficient (Wildman–Crippen LogP) is 2.49. The van der Waals surface area contributed by atoms with E-state index >= 15 is 0 Å². The SMILES string of the molecule is CNC(CCN(C)C(C)(C)CO)c1ccc(C)c(F)c1. The summed E-state index contributed by atoms with van der Waals surface area (Å²) in [7, 11) is 3.89. The molecule has 0 aliphatic rings. The van der Waals surface area contributed by atoms with Gasteiger partial charge in [-0.2, -0.15) is 0 Å². The molecule has 0 aliphatic heterocycles. The van der Waals surface area contributed by atoms with Gasteiger partial charge in [0.25, 0.3) is 0 Å². The zero-order valence-electron chi connectivity index (χ0n) is 13.2. The molecule has 1 atom stereocenters. The number of nitrogens with zero attached hydrogens (tertiary/aromatic N) is 1. The molecule has 1 unspecified atom stereocenters. The zero-order valence-corrected chi connectivity index (χ0v) is 13.2. The maximum absolute atomic E-state index is 13.6. The average Bonchev–Trinajstić information content (AvgIpc) is 2.42. The zero-order chi connectivity index (χ0) is 15.3. The number of aryl methyl sites for hydroxylation is 1. The molecular weight excluding hydrogens is 255 g/mol. The first-order valence-electron chi connectivity index (χ1n) is 7.07.